The molecule has 5 nitrogen and oxygen atoms in total. The molecule has 0 saturated carbocycles. The number of azide groups is 1. The zero-order valence-electron chi connectivity index (χ0n) is 6.86. The standard InChI is InChI=1S/C6H10BrN3O2/c1-4(3-9-10-8)6(2,7)5(11)12/h4H,3H2,1-2H3,(H,11,12). The molecule has 2 atom stereocenters. The Labute approximate surface area is 78.5 Å². The van der Waals surface area contributed by atoms with Crippen molar-refractivity contribution in [3.05, 3.63) is 10.4 Å². The molecule has 0 rings (SSSR count). The first-order valence-corrected chi connectivity index (χ1v) is 4.15. The van der Waals surface area contributed by atoms with Crippen molar-refractivity contribution in [3.63, 3.8) is 0 Å². The monoisotopic (exact) mass is 235 g/mol. The van der Waals surface area contributed by atoms with E-state index in [-0.39, 0.29) is 12.5 Å². The number of rotatable bonds is 4. The Balaban J connectivity index is 4.34. The number of hydrogen-bond donors (Lipinski definition) is 1. The average molecular weight is 236 g/mol. The van der Waals surface area contributed by atoms with Crippen LogP contribution in [-0.4, -0.2) is 21.9 Å². The molecule has 0 spiro atoms. The van der Waals surface area contributed by atoms with Crippen molar-refractivity contribution in [1.82, 2.24) is 0 Å². The van der Waals surface area contributed by atoms with Gasteiger partial charge in [-0.05, 0) is 18.4 Å². The summed E-state index contributed by atoms with van der Waals surface area (Å²) in [4.78, 5) is 13.2. The van der Waals surface area contributed by atoms with E-state index in [1.165, 1.54) is 6.92 Å². The van der Waals surface area contributed by atoms with Crippen LogP contribution >= 0.6 is 15.9 Å². The lowest BCUT2D eigenvalue weighted by Gasteiger charge is -2.23. The summed E-state index contributed by atoms with van der Waals surface area (Å²) >= 11 is 3.06. The van der Waals surface area contributed by atoms with Crippen molar-refractivity contribution < 1.29 is 9.90 Å². The highest BCUT2D eigenvalue weighted by molar-refractivity contribution is 9.10. The third kappa shape index (κ3) is 2.71. The number of carbonyl (C=O) groups is 1. The molecule has 0 aromatic carbocycles. The van der Waals surface area contributed by atoms with Crippen LogP contribution in [0.25, 0.3) is 10.4 Å². The van der Waals surface area contributed by atoms with Gasteiger partial charge < -0.3 is 5.11 Å². The quantitative estimate of drug-likeness (QED) is 0.351. The van der Waals surface area contributed by atoms with Crippen molar-refractivity contribution in [1.29, 1.82) is 0 Å². The molecular weight excluding hydrogens is 226 g/mol. The second-order valence-corrected chi connectivity index (χ2v) is 4.34. The topological polar surface area (TPSA) is 86.1 Å². The van der Waals surface area contributed by atoms with Gasteiger partial charge in [-0.2, -0.15) is 0 Å². The Kier molecular flexibility index (Phi) is 4.06. The van der Waals surface area contributed by atoms with Gasteiger partial charge in [0.2, 0.25) is 0 Å². The van der Waals surface area contributed by atoms with E-state index in [1.807, 2.05) is 0 Å². The lowest BCUT2D eigenvalue weighted by molar-refractivity contribution is -0.140. The van der Waals surface area contributed by atoms with Crippen LogP contribution in [0.1, 0.15) is 13.8 Å². The fourth-order valence-corrected chi connectivity index (χ4v) is 0.686. The fraction of sp³-hybridized carbons (Fsp3) is 0.833. The van der Waals surface area contributed by atoms with Crippen molar-refractivity contribution in [2.75, 3.05) is 6.54 Å². The number of alkyl halides is 1. The molecule has 0 saturated heterocycles. The summed E-state index contributed by atoms with van der Waals surface area (Å²) in [6, 6.07) is 0. The minimum atomic E-state index is -1.03. The number of hydrogen-bond acceptors (Lipinski definition) is 2. The fourth-order valence-electron chi connectivity index (χ4n) is 0.541. The lowest BCUT2D eigenvalue weighted by atomic mass is 9.96. The summed E-state index contributed by atoms with van der Waals surface area (Å²) in [5.74, 6) is -1.20. The van der Waals surface area contributed by atoms with Gasteiger partial charge >= 0.3 is 5.97 Å². The predicted octanol–water partition coefficient (Wildman–Crippen LogP) is 2.17. The molecule has 0 aliphatic rings. The van der Waals surface area contributed by atoms with Gasteiger partial charge in [0.05, 0.1) is 0 Å². The molecule has 1 N–H and O–H groups in total. The van der Waals surface area contributed by atoms with E-state index in [0.29, 0.717) is 0 Å². The summed E-state index contributed by atoms with van der Waals surface area (Å²) in [6.45, 7) is 3.41. The second kappa shape index (κ2) is 4.33. The maximum Gasteiger partial charge on any atom is 0.320 e. The van der Waals surface area contributed by atoms with E-state index in [4.69, 9.17) is 10.6 Å². The first kappa shape index (κ1) is 11.3. The summed E-state index contributed by atoms with van der Waals surface area (Å²) < 4.78 is -1.03. The molecule has 0 aliphatic carbocycles. The second-order valence-electron chi connectivity index (χ2n) is 2.70. The van der Waals surface area contributed by atoms with E-state index >= 15 is 0 Å². The minimum absolute atomic E-state index is 0.171. The molecule has 0 aromatic rings. The van der Waals surface area contributed by atoms with Gasteiger partial charge in [-0.1, -0.05) is 28.0 Å². The normalized spacial score (nSPS) is 17.2. The summed E-state index contributed by atoms with van der Waals surface area (Å²) in [5, 5.41) is 12.0. The highest BCUT2D eigenvalue weighted by Gasteiger charge is 2.35. The first-order valence-electron chi connectivity index (χ1n) is 3.36. The molecule has 68 valence electrons. The maximum absolute atomic E-state index is 10.6. The molecule has 2 unspecified atom stereocenters. The van der Waals surface area contributed by atoms with E-state index in [1.54, 1.807) is 6.92 Å². The number of aliphatic carboxylic acids is 1. The summed E-state index contributed by atoms with van der Waals surface area (Å²) in [7, 11) is 0. The molecule has 12 heavy (non-hydrogen) atoms. The molecule has 0 radical (unpaired) electrons. The predicted molar refractivity (Wildman–Crippen MR) is 48.1 cm³/mol. The van der Waals surface area contributed by atoms with Crippen molar-refractivity contribution >= 4 is 21.9 Å². The van der Waals surface area contributed by atoms with Crippen LogP contribution in [0.3, 0.4) is 0 Å². The zero-order valence-corrected chi connectivity index (χ0v) is 8.45. The third-order valence-corrected chi connectivity index (χ3v) is 2.88. The number of carboxylic acids is 1. The van der Waals surface area contributed by atoms with E-state index in [0.717, 1.165) is 0 Å². The Morgan fingerprint density at radius 3 is 2.75 bits per heavy atom. The van der Waals surface area contributed by atoms with E-state index < -0.39 is 10.3 Å². The van der Waals surface area contributed by atoms with Crippen LogP contribution in [0.2, 0.25) is 0 Å². The van der Waals surface area contributed by atoms with Crippen LogP contribution in [0.4, 0.5) is 0 Å². The van der Waals surface area contributed by atoms with Crippen LogP contribution < -0.4 is 0 Å². The molecule has 0 bridgehead atoms. The number of nitrogens with zero attached hydrogens (tertiary/aromatic N) is 3. The maximum atomic E-state index is 10.6. The van der Waals surface area contributed by atoms with Gasteiger partial charge in [-0.15, -0.1) is 0 Å². The Morgan fingerprint density at radius 2 is 2.42 bits per heavy atom. The molecule has 0 amide bonds. The van der Waals surface area contributed by atoms with Crippen LogP contribution in [0.15, 0.2) is 5.11 Å². The van der Waals surface area contributed by atoms with E-state index in [9.17, 15) is 4.79 Å². The zero-order chi connectivity index (χ0) is 9.78. The summed E-state index contributed by atoms with van der Waals surface area (Å²) in [6.07, 6.45) is 0. The van der Waals surface area contributed by atoms with Gasteiger partial charge in [0, 0.05) is 11.5 Å². The Bertz CT molecular complexity index is 223. The van der Waals surface area contributed by atoms with Crippen LogP contribution in [0, 0.1) is 5.92 Å². The van der Waals surface area contributed by atoms with E-state index in [2.05, 4.69) is 26.0 Å². The first-order chi connectivity index (χ1) is 5.42. The van der Waals surface area contributed by atoms with Gasteiger partial charge in [-0.25, -0.2) is 0 Å². The number of carboxylic acid groups (broad SMARTS) is 1. The molecule has 0 fully saturated rings. The largest absolute Gasteiger partial charge is 0.480 e. The van der Waals surface area contributed by atoms with Crippen molar-refractivity contribution in [2.24, 2.45) is 11.0 Å². The summed E-state index contributed by atoms with van der Waals surface area (Å²) in [5.41, 5.74) is 8.02. The Hall–Kier alpha value is -0.740. The van der Waals surface area contributed by atoms with Crippen molar-refractivity contribution in [2.45, 2.75) is 18.2 Å². The SMILES string of the molecule is CC(CN=[N+]=[N-])C(C)(Br)C(=O)O. The van der Waals surface area contributed by atoms with Gasteiger partial charge in [0.15, 0.2) is 0 Å². The minimum Gasteiger partial charge on any atom is -0.480 e. The third-order valence-electron chi connectivity index (χ3n) is 1.76. The smallest absolute Gasteiger partial charge is 0.320 e. The van der Waals surface area contributed by atoms with Crippen molar-refractivity contribution in [3.8, 4) is 0 Å². The Morgan fingerprint density at radius 1 is 1.92 bits per heavy atom. The highest BCUT2D eigenvalue weighted by Crippen LogP contribution is 2.27. The van der Waals surface area contributed by atoms with Gasteiger partial charge in [0.1, 0.15) is 4.32 Å². The number of halogens is 1. The van der Waals surface area contributed by atoms with Gasteiger partial charge in [0.25, 0.3) is 0 Å². The lowest BCUT2D eigenvalue weighted by Crippen LogP contribution is -2.36. The molecule has 0 aromatic heterocycles. The molecular formula is C6H10BrN3O2. The average Bonchev–Trinajstić information content (AvgIpc) is 1.99. The van der Waals surface area contributed by atoms with Crippen LogP contribution in [-0.2, 0) is 4.79 Å². The molecule has 0 aliphatic heterocycles. The van der Waals surface area contributed by atoms with Gasteiger partial charge in [-0.3, -0.25) is 4.79 Å². The molecule has 0 heterocycles. The van der Waals surface area contributed by atoms with Crippen LogP contribution in [0.5, 0.6) is 0 Å². The highest BCUT2D eigenvalue weighted by atomic mass is 79.9. The molecule has 6 heteroatoms.